The molecule has 5 heteroatoms. The number of aromatic amines is 1. The molecule has 28 heavy (non-hydrogen) atoms. The molecule has 0 bridgehead atoms. The number of amides is 1. The van der Waals surface area contributed by atoms with E-state index in [2.05, 4.69) is 17.1 Å². The van der Waals surface area contributed by atoms with E-state index in [1.165, 1.54) is 5.57 Å². The topological polar surface area (TPSA) is 45.3 Å². The molecule has 2 aromatic carbocycles. The number of ether oxygens (including phenoxy) is 1. The number of carbonyl (C=O) groups is 1. The summed E-state index contributed by atoms with van der Waals surface area (Å²) in [6, 6.07) is 11.8. The van der Waals surface area contributed by atoms with Crippen LogP contribution in [0.3, 0.4) is 0 Å². The summed E-state index contributed by atoms with van der Waals surface area (Å²) in [7, 11) is 0. The molecule has 0 spiro atoms. The van der Waals surface area contributed by atoms with Gasteiger partial charge in [-0.05, 0) is 49.1 Å². The van der Waals surface area contributed by atoms with Crippen molar-refractivity contribution in [1.29, 1.82) is 0 Å². The number of nitrogens with one attached hydrogen (secondary N) is 1. The number of rotatable bonds is 4. The first-order valence-corrected chi connectivity index (χ1v) is 9.84. The molecule has 4 nitrogen and oxygen atoms in total. The van der Waals surface area contributed by atoms with Crippen molar-refractivity contribution in [3.63, 3.8) is 0 Å². The minimum atomic E-state index is 0.0122. The highest BCUT2D eigenvalue weighted by molar-refractivity contribution is 6.35. The summed E-state index contributed by atoms with van der Waals surface area (Å²) >= 11 is 6.26. The van der Waals surface area contributed by atoms with Crippen molar-refractivity contribution in [3.05, 3.63) is 70.4 Å². The van der Waals surface area contributed by atoms with E-state index in [0.717, 1.165) is 44.8 Å². The van der Waals surface area contributed by atoms with Gasteiger partial charge >= 0.3 is 0 Å². The third-order valence-electron chi connectivity index (χ3n) is 5.48. The lowest BCUT2D eigenvalue weighted by molar-refractivity contribution is -0.132. The summed E-state index contributed by atoms with van der Waals surface area (Å²) in [5.74, 6) is 0.787. The normalized spacial score (nSPS) is 14.2. The van der Waals surface area contributed by atoms with Gasteiger partial charge in [-0.2, -0.15) is 0 Å². The van der Waals surface area contributed by atoms with Gasteiger partial charge < -0.3 is 14.6 Å². The minimum Gasteiger partial charge on any atom is -0.483 e. The molecule has 1 aliphatic rings. The second-order valence-corrected chi connectivity index (χ2v) is 7.58. The average Bonchev–Trinajstić information content (AvgIpc) is 3.14. The summed E-state index contributed by atoms with van der Waals surface area (Å²) in [6.07, 6.45) is 4.95. The number of halogens is 1. The number of carbonyl (C=O) groups excluding carboxylic acids is 1. The van der Waals surface area contributed by atoms with E-state index >= 15 is 0 Å². The number of aryl methyl sites for hydroxylation is 1. The Morgan fingerprint density at radius 1 is 1.21 bits per heavy atom. The molecular formula is C23H23ClN2O2. The maximum absolute atomic E-state index is 12.6. The molecule has 2 heterocycles. The van der Waals surface area contributed by atoms with Gasteiger partial charge in [0.15, 0.2) is 6.61 Å². The number of fused-ring (bicyclic) bond motifs is 1. The predicted octanol–water partition coefficient (Wildman–Crippen LogP) is 5.13. The standard InChI is InChI=1S/C23H23ClN2O2/c1-15-5-3-8-21(16(15)2)28-14-22(27)26-11-9-17(10-12-26)19-13-25-23-18(19)6-4-7-20(23)24/h3-9,13,25H,10-12,14H2,1-2H3. The monoisotopic (exact) mass is 394 g/mol. The molecule has 0 fully saturated rings. The first-order valence-electron chi connectivity index (χ1n) is 9.46. The predicted molar refractivity (Wildman–Crippen MR) is 114 cm³/mol. The molecule has 144 valence electrons. The fourth-order valence-corrected chi connectivity index (χ4v) is 3.86. The third-order valence-corrected chi connectivity index (χ3v) is 5.79. The molecule has 1 amide bonds. The highest BCUT2D eigenvalue weighted by atomic mass is 35.5. The number of para-hydroxylation sites is 1. The van der Waals surface area contributed by atoms with Crippen molar-refractivity contribution in [2.24, 2.45) is 0 Å². The maximum Gasteiger partial charge on any atom is 0.260 e. The Morgan fingerprint density at radius 2 is 2.04 bits per heavy atom. The summed E-state index contributed by atoms with van der Waals surface area (Å²) in [5.41, 5.74) is 5.60. The van der Waals surface area contributed by atoms with Crippen LogP contribution in [0.2, 0.25) is 5.02 Å². The first-order chi connectivity index (χ1) is 13.5. The summed E-state index contributed by atoms with van der Waals surface area (Å²) in [4.78, 5) is 17.7. The van der Waals surface area contributed by atoms with E-state index < -0.39 is 0 Å². The Balaban J connectivity index is 1.42. The Morgan fingerprint density at radius 3 is 2.82 bits per heavy atom. The summed E-state index contributed by atoms with van der Waals surface area (Å²) in [6.45, 7) is 5.40. The molecule has 0 saturated carbocycles. The van der Waals surface area contributed by atoms with Crippen molar-refractivity contribution in [2.45, 2.75) is 20.3 Å². The smallest absolute Gasteiger partial charge is 0.260 e. The van der Waals surface area contributed by atoms with E-state index in [9.17, 15) is 4.79 Å². The second-order valence-electron chi connectivity index (χ2n) is 7.17. The molecule has 1 N–H and O–H groups in total. The summed E-state index contributed by atoms with van der Waals surface area (Å²) in [5, 5.41) is 1.84. The zero-order valence-corrected chi connectivity index (χ0v) is 16.8. The van der Waals surface area contributed by atoms with Crippen LogP contribution in [0, 0.1) is 13.8 Å². The Labute approximate surface area is 169 Å². The Bertz CT molecular complexity index is 1070. The number of hydrogen-bond donors (Lipinski definition) is 1. The molecular weight excluding hydrogens is 372 g/mol. The maximum atomic E-state index is 12.6. The largest absolute Gasteiger partial charge is 0.483 e. The lowest BCUT2D eigenvalue weighted by Crippen LogP contribution is -2.37. The zero-order chi connectivity index (χ0) is 19.7. The minimum absolute atomic E-state index is 0.0122. The molecule has 0 saturated heterocycles. The number of H-pyrrole nitrogens is 1. The molecule has 0 unspecified atom stereocenters. The highest BCUT2D eigenvalue weighted by Crippen LogP contribution is 2.32. The molecule has 0 aliphatic carbocycles. The lowest BCUT2D eigenvalue weighted by atomic mass is 9.99. The fourth-order valence-electron chi connectivity index (χ4n) is 3.63. The van der Waals surface area contributed by atoms with Crippen LogP contribution >= 0.6 is 11.6 Å². The number of aromatic nitrogens is 1. The van der Waals surface area contributed by atoms with Gasteiger partial charge in [0.25, 0.3) is 5.91 Å². The van der Waals surface area contributed by atoms with Crippen molar-refractivity contribution in [3.8, 4) is 5.75 Å². The molecule has 0 radical (unpaired) electrons. The molecule has 4 rings (SSSR count). The Hall–Kier alpha value is -2.72. The highest BCUT2D eigenvalue weighted by Gasteiger charge is 2.20. The van der Waals surface area contributed by atoms with Gasteiger partial charge in [-0.3, -0.25) is 4.79 Å². The van der Waals surface area contributed by atoms with Crippen molar-refractivity contribution >= 4 is 34.0 Å². The van der Waals surface area contributed by atoms with Crippen molar-refractivity contribution in [2.75, 3.05) is 19.7 Å². The first kappa shape index (κ1) is 18.6. The number of hydrogen-bond acceptors (Lipinski definition) is 2. The van der Waals surface area contributed by atoms with E-state index in [1.807, 2.05) is 55.3 Å². The number of benzene rings is 2. The summed E-state index contributed by atoms with van der Waals surface area (Å²) < 4.78 is 5.77. The van der Waals surface area contributed by atoms with E-state index in [0.29, 0.717) is 13.1 Å². The van der Waals surface area contributed by atoms with E-state index in [-0.39, 0.29) is 12.5 Å². The molecule has 0 atom stereocenters. The zero-order valence-electron chi connectivity index (χ0n) is 16.1. The number of nitrogens with zero attached hydrogens (tertiary/aromatic N) is 1. The van der Waals surface area contributed by atoms with Crippen LogP contribution in [0.1, 0.15) is 23.1 Å². The van der Waals surface area contributed by atoms with Crippen molar-refractivity contribution in [1.82, 2.24) is 9.88 Å². The van der Waals surface area contributed by atoms with Crippen LogP contribution < -0.4 is 4.74 Å². The quantitative estimate of drug-likeness (QED) is 0.666. The lowest BCUT2D eigenvalue weighted by Gasteiger charge is -2.26. The van der Waals surface area contributed by atoms with E-state index in [1.54, 1.807) is 0 Å². The SMILES string of the molecule is Cc1cccc(OCC(=O)N2CC=C(c3c[nH]c4c(Cl)cccc34)CC2)c1C. The van der Waals surface area contributed by atoms with Gasteiger partial charge in [0.05, 0.1) is 10.5 Å². The van der Waals surface area contributed by atoms with Gasteiger partial charge in [-0.15, -0.1) is 0 Å². The van der Waals surface area contributed by atoms with Gasteiger partial charge in [-0.1, -0.05) is 41.9 Å². The average molecular weight is 395 g/mol. The van der Waals surface area contributed by atoms with Crippen LogP contribution in [-0.2, 0) is 4.79 Å². The van der Waals surface area contributed by atoms with Gasteiger partial charge in [-0.25, -0.2) is 0 Å². The fraction of sp³-hybridized carbons (Fsp3) is 0.261. The van der Waals surface area contributed by atoms with Crippen LogP contribution in [-0.4, -0.2) is 35.5 Å². The van der Waals surface area contributed by atoms with Gasteiger partial charge in [0, 0.05) is 30.2 Å². The molecule has 3 aromatic rings. The van der Waals surface area contributed by atoms with Gasteiger partial charge in [0.2, 0.25) is 0 Å². The van der Waals surface area contributed by atoms with Gasteiger partial charge in [0.1, 0.15) is 5.75 Å². The second kappa shape index (κ2) is 7.72. The molecule has 1 aliphatic heterocycles. The third kappa shape index (κ3) is 3.52. The van der Waals surface area contributed by atoms with Crippen molar-refractivity contribution < 1.29 is 9.53 Å². The Kier molecular flexibility index (Phi) is 5.14. The van der Waals surface area contributed by atoms with Crippen LogP contribution in [0.25, 0.3) is 16.5 Å². The van der Waals surface area contributed by atoms with Crippen LogP contribution in [0.5, 0.6) is 5.75 Å². The van der Waals surface area contributed by atoms with Crippen LogP contribution in [0.15, 0.2) is 48.7 Å². The van der Waals surface area contributed by atoms with E-state index in [4.69, 9.17) is 16.3 Å². The van der Waals surface area contributed by atoms with Crippen LogP contribution in [0.4, 0.5) is 0 Å². The molecule has 1 aromatic heterocycles.